The van der Waals surface area contributed by atoms with E-state index in [9.17, 15) is 9.59 Å². The summed E-state index contributed by atoms with van der Waals surface area (Å²) in [6.45, 7) is 6.80. The highest BCUT2D eigenvalue weighted by atomic mass is 32.1. The Morgan fingerprint density at radius 2 is 2.06 bits per heavy atom. The van der Waals surface area contributed by atoms with Gasteiger partial charge in [-0.1, -0.05) is 0 Å². The first-order chi connectivity index (χ1) is 8.28. The number of carbonyl (C=O) groups is 2. The molecule has 1 aromatic rings. The first-order valence-electron chi connectivity index (χ1n) is 5.52. The molecule has 1 atom stereocenters. The third-order valence-corrected chi connectivity index (χ3v) is 2.53. The summed E-state index contributed by atoms with van der Waals surface area (Å²) in [6, 6.07) is 2.70. The molecule has 0 unspecified atom stereocenters. The van der Waals surface area contributed by atoms with Crippen LogP contribution in [-0.2, 0) is 9.53 Å². The van der Waals surface area contributed by atoms with E-state index < -0.39 is 23.7 Å². The van der Waals surface area contributed by atoms with E-state index in [4.69, 9.17) is 9.47 Å². The number of ether oxygens (including phenoxy) is 2. The van der Waals surface area contributed by atoms with E-state index in [1.807, 2.05) is 0 Å². The van der Waals surface area contributed by atoms with Crippen molar-refractivity contribution >= 4 is 23.4 Å². The Kier molecular flexibility index (Phi) is 4.72. The number of hydrogen-bond donors (Lipinski definition) is 1. The number of alkyl carbamates (subject to hydrolysis) is 1. The minimum Gasteiger partial charge on any atom is -0.444 e. The second-order valence-electron chi connectivity index (χ2n) is 4.72. The lowest BCUT2D eigenvalue weighted by Crippen LogP contribution is -2.43. The first kappa shape index (κ1) is 14.5. The molecule has 0 saturated carbocycles. The van der Waals surface area contributed by atoms with Crippen molar-refractivity contribution in [3.63, 3.8) is 0 Å². The lowest BCUT2D eigenvalue weighted by molar-refractivity contribution is -0.136. The predicted octanol–water partition coefficient (Wildman–Crippen LogP) is 2.57. The van der Waals surface area contributed by atoms with E-state index in [0.29, 0.717) is 5.06 Å². The van der Waals surface area contributed by atoms with Gasteiger partial charge in [0.25, 0.3) is 0 Å². The fraction of sp³-hybridized carbons (Fsp3) is 0.500. The highest BCUT2D eigenvalue weighted by Crippen LogP contribution is 2.18. The van der Waals surface area contributed by atoms with Crippen molar-refractivity contribution in [3.05, 3.63) is 17.5 Å². The van der Waals surface area contributed by atoms with Crippen molar-refractivity contribution in [2.45, 2.75) is 39.3 Å². The van der Waals surface area contributed by atoms with Crippen molar-refractivity contribution in [1.82, 2.24) is 5.32 Å². The van der Waals surface area contributed by atoms with Crippen LogP contribution in [0, 0.1) is 0 Å². The number of nitrogens with one attached hydrogen (secondary N) is 1. The Bertz CT molecular complexity index is 408. The summed E-state index contributed by atoms with van der Waals surface area (Å²) in [5.41, 5.74) is -0.596. The number of hydrogen-bond acceptors (Lipinski definition) is 5. The summed E-state index contributed by atoms with van der Waals surface area (Å²) >= 11 is 1.31. The molecule has 1 aromatic heterocycles. The molecule has 0 aliphatic heterocycles. The number of amides is 1. The summed E-state index contributed by atoms with van der Waals surface area (Å²) in [6.07, 6.45) is -0.641. The number of rotatable bonds is 3. The topological polar surface area (TPSA) is 64.6 Å². The van der Waals surface area contributed by atoms with Crippen LogP contribution < -0.4 is 10.1 Å². The third-order valence-electron chi connectivity index (χ3n) is 1.78. The van der Waals surface area contributed by atoms with Gasteiger partial charge in [-0.2, -0.15) is 0 Å². The van der Waals surface area contributed by atoms with Crippen LogP contribution in [0.2, 0.25) is 0 Å². The van der Waals surface area contributed by atoms with Crippen molar-refractivity contribution in [3.8, 4) is 5.06 Å². The molecule has 0 spiro atoms. The number of esters is 1. The summed E-state index contributed by atoms with van der Waals surface area (Å²) in [7, 11) is 0. The quantitative estimate of drug-likeness (QED) is 0.858. The molecular weight excluding hydrogens is 254 g/mol. The number of carbonyl (C=O) groups excluding carboxylic acids is 2. The lowest BCUT2D eigenvalue weighted by atomic mass is 10.2. The SMILES string of the molecule is C[C@H](NC(=O)OC(C)(C)C)C(=O)Oc1cccs1. The third kappa shape index (κ3) is 5.18. The zero-order valence-corrected chi connectivity index (χ0v) is 11.7. The number of thiophene rings is 1. The standard InChI is InChI=1S/C12H17NO4S/c1-8(13-11(15)17-12(2,3)4)10(14)16-9-6-5-7-18-9/h5-8H,1-4H3,(H,13,15)/t8-/m0/s1. The summed E-state index contributed by atoms with van der Waals surface area (Å²) < 4.78 is 10.1. The van der Waals surface area contributed by atoms with Crippen molar-refractivity contribution < 1.29 is 19.1 Å². The minimum absolute atomic E-state index is 0.498. The molecule has 100 valence electrons. The summed E-state index contributed by atoms with van der Waals surface area (Å²) in [5, 5.41) is 4.72. The Balaban J connectivity index is 2.42. The highest BCUT2D eigenvalue weighted by molar-refractivity contribution is 7.11. The molecular formula is C12H17NO4S. The molecule has 6 heteroatoms. The Hall–Kier alpha value is -1.56. The van der Waals surface area contributed by atoms with E-state index in [1.165, 1.54) is 11.3 Å². The molecule has 0 aliphatic rings. The minimum atomic E-state index is -0.762. The maximum atomic E-state index is 11.6. The fourth-order valence-electron chi connectivity index (χ4n) is 1.05. The average molecular weight is 271 g/mol. The Morgan fingerprint density at radius 3 is 2.56 bits per heavy atom. The van der Waals surface area contributed by atoms with Gasteiger partial charge in [0, 0.05) is 0 Å². The van der Waals surface area contributed by atoms with Crippen molar-refractivity contribution in [2.24, 2.45) is 0 Å². The molecule has 1 amide bonds. The Morgan fingerprint density at radius 1 is 1.39 bits per heavy atom. The van der Waals surface area contributed by atoms with Crippen LogP contribution in [0.5, 0.6) is 5.06 Å². The molecule has 1 N–H and O–H groups in total. The predicted molar refractivity (Wildman–Crippen MR) is 68.8 cm³/mol. The van der Waals surface area contributed by atoms with Gasteiger partial charge >= 0.3 is 12.1 Å². The van der Waals surface area contributed by atoms with Gasteiger partial charge in [-0.15, -0.1) is 11.3 Å². The zero-order chi connectivity index (χ0) is 13.8. The van der Waals surface area contributed by atoms with Crippen LogP contribution in [0.3, 0.4) is 0 Å². The molecule has 0 radical (unpaired) electrons. The molecule has 0 fully saturated rings. The van der Waals surface area contributed by atoms with Crippen LogP contribution in [0.25, 0.3) is 0 Å². The normalized spacial score (nSPS) is 12.7. The molecule has 5 nitrogen and oxygen atoms in total. The van der Waals surface area contributed by atoms with Gasteiger partial charge in [-0.05, 0) is 45.2 Å². The van der Waals surface area contributed by atoms with E-state index >= 15 is 0 Å². The van der Waals surface area contributed by atoms with Crippen molar-refractivity contribution in [2.75, 3.05) is 0 Å². The smallest absolute Gasteiger partial charge is 0.408 e. The maximum Gasteiger partial charge on any atom is 0.408 e. The molecule has 1 rings (SSSR count). The van der Waals surface area contributed by atoms with Gasteiger partial charge in [0.05, 0.1) is 0 Å². The maximum absolute atomic E-state index is 11.6. The molecule has 0 saturated heterocycles. The van der Waals surface area contributed by atoms with Crippen LogP contribution >= 0.6 is 11.3 Å². The second kappa shape index (κ2) is 5.86. The second-order valence-corrected chi connectivity index (χ2v) is 5.63. The molecule has 0 aromatic carbocycles. The van der Waals surface area contributed by atoms with E-state index in [0.717, 1.165) is 0 Å². The van der Waals surface area contributed by atoms with E-state index in [2.05, 4.69) is 5.32 Å². The molecule has 1 heterocycles. The summed E-state index contributed by atoms with van der Waals surface area (Å²) in [4.78, 5) is 23.1. The van der Waals surface area contributed by atoms with Gasteiger partial charge in [0.1, 0.15) is 11.6 Å². The highest BCUT2D eigenvalue weighted by Gasteiger charge is 2.22. The monoisotopic (exact) mass is 271 g/mol. The zero-order valence-electron chi connectivity index (χ0n) is 10.9. The van der Waals surface area contributed by atoms with E-state index in [1.54, 1.807) is 45.2 Å². The fourth-order valence-corrected chi connectivity index (χ4v) is 1.63. The van der Waals surface area contributed by atoms with Crippen LogP contribution in [0.15, 0.2) is 17.5 Å². The van der Waals surface area contributed by atoms with Gasteiger partial charge in [-0.3, -0.25) is 0 Å². The molecule has 0 aliphatic carbocycles. The van der Waals surface area contributed by atoms with Gasteiger partial charge in [0.15, 0.2) is 5.06 Å². The first-order valence-corrected chi connectivity index (χ1v) is 6.40. The van der Waals surface area contributed by atoms with Crippen LogP contribution in [0.1, 0.15) is 27.7 Å². The average Bonchev–Trinajstić information content (AvgIpc) is 2.66. The Labute approximate surface area is 110 Å². The molecule has 0 bridgehead atoms. The van der Waals surface area contributed by atoms with Gasteiger partial charge < -0.3 is 14.8 Å². The van der Waals surface area contributed by atoms with Gasteiger partial charge in [-0.25, -0.2) is 9.59 Å². The lowest BCUT2D eigenvalue weighted by Gasteiger charge is -2.21. The largest absolute Gasteiger partial charge is 0.444 e. The van der Waals surface area contributed by atoms with Crippen LogP contribution in [-0.4, -0.2) is 23.7 Å². The summed E-state index contributed by atoms with van der Waals surface area (Å²) in [5.74, 6) is -0.525. The van der Waals surface area contributed by atoms with Crippen molar-refractivity contribution in [1.29, 1.82) is 0 Å². The molecule has 18 heavy (non-hydrogen) atoms. The van der Waals surface area contributed by atoms with Crippen LogP contribution in [0.4, 0.5) is 4.79 Å². The van der Waals surface area contributed by atoms with Gasteiger partial charge in [0.2, 0.25) is 0 Å². The van der Waals surface area contributed by atoms with E-state index in [-0.39, 0.29) is 0 Å².